The SMILES string of the molecule is CCOC(=O)CN(c1cc(C)c2ccccc2n1)c1cc(C)c2ccccc2n1. The molecule has 4 aromatic rings. The van der Waals surface area contributed by atoms with E-state index < -0.39 is 0 Å². The number of hydrogen-bond acceptors (Lipinski definition) is 5. The molecule has 146 valence electrons. The van der Waals surface area contributed by atoms with Crippen molar-refractivity contribution in [2.24, 2.45) is 0 Å². The molecular weight excluding hydrogens is 362 g/mol. The highest BCUT2D eigenvalue weighted by Crippen LogP contribution is 2.29. The van der Waals surface area contributed by atoms with Crippen molar-refractivity contribution in [1.29, 1.82) is 0 Å². The Morgan fingerprint density at radius 2 is 1.34 bits per heavy atom. The van der Waals surface area contributed by atoms with Crippen molar-refractivity contribution in [2.75, 3.05) is 18.1 Å². The average Bonchev–Trinajstić information content (AvgIpc) is 2.72. The number of nitrogens with zero attached hydrogens (tertiary/aromatic N) is 3. The first-order valence-electron chi connectivity index (χ1n) is 9.72. The smallest absolute Gasteiger partial charge is 0.326 e. The van der Waals surface area contributed by atoms with Gasteiger partial charge < -0.3 is 4.74 Å². The van der Waals surface area contributed by atoms with E-state index in [1.807, 2.05) is 53.4 Å². The molecule has 0 atom stereocenters. The Hall–Kier alpha value is -3.47. The van der Waals surface area contributed by atoms with Crippen molar-refractivity contribution < 1.29 is 9.53 Å². The summed E-state index contributed by atoms with van der Waals surface area (Å²) < 4.78 is 5.21. The number of aryl methyl sites for hydroxylation is 2. The van der Waals surface area contributed by atoms with Crippen molar-refractivity contribution in [3.63, 3.8) is 0 Å². The van der Waals surface area contributed by atoms with Gasteiger partial charge >= 0.3 is 5.97 Å². The Morgan fingerprint density at radius 1 is 0.862 bits per heavy atom. The maximum atomic E-state index is 12.4. The molecular formula is C24H23N3O2. The van der Waals surface area contributed by atoms with Crippen LogP contribution in [0.4, 0.5) is 11.6 Å². The zero-order valence-electron chi connectivity index (χ0n) is 16.8. The highest BCUT2D eigenvalue weighted by molar-refractivity contribution is 5.88. The molecule has 0 spiro atoms. The van der Waals surface area contributed by atoms with Crippen LogP contribution in [-0.2, 0) is 9.53 Å². The van der Waals surface area contributed by atoms with Crippen molar-refractivity contribution >= 4 is 39.4 Å². The number of carbonyl (C=O) groups excluding carboxylic acids is 1. The van der Waals surface area contributed by atoms with Gasteiger partial charge in [0.2, 0.25) is 0 Å². The molecule has 0 fully saturated rings. The van der Waals surface area contributed by atoms with E-state index in [0.717, 1.165) is 32.9 Å². The largest absolute Gasteiger partial charge is 0.465 e. The van der Waals surface area contributed by atoms with Crippen LogP contribution in [0.25, 0.3) is 21.8 Å². The lowest BCUT2D eigenvalue weighted by molar-refractivity contribution is -0.141. The van der Waals surface area contributed by atoms with Gasteiger partial charge in [0.1, 0.15) is 18.2 Å². The molecule has 0 saturated carbocycles. The van der Waals surface area contributed by atoms with E-state index in [0.29, 0.717) is 18.2 Å². The molecule has 0 aliphatic carbocycles. The molecule has 29 heavy (non-hydrogen) atoms. The summed E-state index contributed by atoms with van der Waals surface area (Å²) in [5, 5.41) is 2.19. The quantitative estimate of drug-likeness (QED) is 0.447. The fraction of sp³-hybridized carbons (Fsp3) is 0.208. The fourth-order valence-corrected chi connectivity index (χ4v) is 3.55. The molecule has 2 aromatic heterocycles. The average molecular weight is 385 g/mol. The van der Waals surface area contributed by atoms with Gasteiger partial charge in [-0.25, -0.2) is 9.97 Å². The molecule has 0 aliphatic rings. The zero-order valence-corrected chi connectivity index (χ0v) is 16.8. The summed E-state index contributed by atoms with van der Waals surface area (Å²) in [7, 11) is 0. The van der Waals surface area contributed by atoms with Gasteiger partial charge in [-0.05, 0) is 56.2 Å². The third kappa shape index (κ3) is 3.76. The van der Waals surface area contributed by atoms with Gasteiger partial charge in [-0.15, -0.1) is 0 Å². The predicted octanol–water partition coefficient (Wildman–Crippen LogP) is 5.10. The first-order valence-corrected chi connectivity index (χ1v) is 9.72. The Balaban J connectivity index is 1.87. The second-order valence-electron chi connectivity index (χ2n) is 7.02. The van der Waals surface area contributed by atoms with E-state index in [-0.39, 0.29) is 12.5 Å². The lowest BCUT2D eigenvalue weighted by Crippen LogP contribution is -2.28. The number of anilines is 2. The number of pyridine rings is 2. The molecule has 0 aliphatic heterocycles. The molecule has 0 radical (unpaired) electrons. The second-order valence-corrected chi connectivity index (χ2v) is 7.02. The summed E-state index contributed by atoms with van der Waals surface area (Å²) in [6, 6.07) is 20.0. The van der Waals surface area contributed by atoms with Crippen LogP contribution in [0.1, 0.15) is 18.1 Å². The van der Waals surface area contributed by atoms with Crippen molar-refractivity contribution in [3.05, 3.63) is 71.8 Å². The van der Waals surface area contributed by atoms with Gasteiger partial charge in [0.15, 0.2) is 0 Å². The van der Waals surface area contributed by atoms with Crippen LogP contribution in [-0.4, -0.2) is 29.1 Å². The number of aromatic nitrogens is 2. The Bertz CT molecular complexity index is 1120. The number of hydrogen-bond donors (Lipinski definition) is 0. The van der Waals surface area contributed by atoms with Gasteiger partial charge in [-0.3, -0.25) is 9.69 Å². The first-order chi connectivity index (χ1) is 14.1. The van der Waals surface area contributed by atoms with Gasteiger partial charge in [-0.2, -0.15) is 0 Å². The summed E-state index contributed by atoms with van der Waals surface area (Å²) in [5.74, 6) is 1.04. The third-order valence-corrected chi connectivity index (χ3v) is 4.96. The van der Waals surface area contributed by atoms with E-state index in [9.17, 15) is 4.79 Å². The van der Waals surface area contributed by atoms with E-state index in [1.54, 1.807) is 6.92 Å². The lowest BCUT2D eigenvalue weighted by atomic mass is 10.1. The molecule has 2 aromatic carbocycles. The molecule has 0 N–H and O–H groups in total. The summed E-state index contributed by atoms with van der Waals surface area (Å²) in [6.07, 6.45) is 0. The molecule has 5 heteroatoms. The van der Waals surface area contributed by atoms with Crippen LogP contribution in [0.3, 0.4) is 0 Å². The van der Waals surface area contributed by atoms with Crippen molar-refractivity contribution in [1.82, 2.24) is 9.97 Å². The Labute approximate surface area is 170 Å². The van der Waals surface area contributed by atoms with Crippen LogP contribution in [0.5, 0.6) is 0 Å². The lowest BCUT2D eigenvalue weighted by Gasteiger charge is -2.23. The minimum absolute atomic E-state index is 0.0450. The summed E-state index contributed by atoms with van der Waals surface area (Å²) >= 11 is 0. The Kier molecular flexibility index (Phi) is 5.12. The molecule has 0 bridgehead atoms. The number of fused-ring (bicyclic) bond motifs is 2. The van der Waals surface area contributed by atoms with E-state index >= 15 is 0 Å². The summed E-state index contributed by atoms with van der Waals surface area (Å²) in [6.45, 7) is 6.29. The maximum absolute atomic E-state index is 12.4. The highest BCUT2D eigenvalue weighted by Gasteiger charge is 2.19. The number of benzene rings is 2. The van der Waals surface area contributed by atoms with E-state index in [1.165, 1.54) is 0 Å². The monoisotopic (exact) mass is 385 g/mol. The highest BCUT2D eigenvalue weighted by atomic mass is 16.5. The fourth-order valence-electron chi connectivity index (χ4n) is 3.55. The number of esters is 1. The molecule has 0 amide bonds. The molecule has 0 unspecified atom stereocenters. The van der Waals surface area contributed by atoms with Crippen LogP contribution in [0, 0.1) is 13.8 Å². The Morgan fingerprint density at radius 3 is 1.83 bits per heavy atom. The molecule has 0 saturated heterocycles. The molecule has 5 nitrogen and oxygen atoms in total. The van der Waals surface area contributed by atoms with Gasteiger partial charge in [-0.1, -0.05) is 36.4 Å². The van der Waals surface area contributed by atoms with Crippen LogP contribution < -0.4 is 4.90 Å². The standard InChI is InChI=1S/C24H23N3O2/c1-4-29-24(28)15-27(22-13-16(2)18-9-5-7-11-20(18)25-22)23-14-17(3)19-10-6-8-12-21(19)26-23/h5-14H,4,15H2,1-3H3. The van der Waals surface area contributed by atoms with Gasteiger partial charge in [0.25, 0.3) is 0 Å². The summed E-state index contributed by atoms with van der Waals surface area (Å²) in [4.78, 5) is 23.8. The van der Waals surface area contributed by atoms with Crippen LogP contribution in [0.15, 0.2) is 60.7 Å². The van der Waals surface area contributed by atoms with E-state index in [2.05, 4.69) is 26.0 Å². The van der Waals surface area contributed by atoms with E-state index in [4.69, 9.17) is 14.7 Å². The second kappa shape index (κ2) is 7.87. The van der Waals surface area contributed by atoms with Gasteiger partial charge in [0.05, 0.1) is 17.6 Å². The number of para-hydroxylation sites is 2. The maximum Gasteiger partial charge on any atom is 0.326 e. The van der Waals surface area contributed by atoms with Crippen molar-refractivity contribution in [3.8, 4) is 0 Å². The molecule has 2 heterocycles. The number of rotatable bonds is 5. The minimum atomic E-state index is -0.312. The summed E-state index contributed by atoms with van der Waals surface area (Å²) in [5.41, 5.74) is 3.96. The third-order valence-electron chi connectivity index (χ3n) is 4.96. The van der Waals surface area contributed by atoms with Crippen LogP contribution in [0.2, 0.25) is 0 Å². The normalized spacial score (nSPS) is 11.0. The molecule has 4 rings (SSSR count). The van der Waals surface area contributed by atoms with Gasteiger partial charge in [0, 0.05) is 10.8 Å². The minimum Gasteiger partial charge on any atom is -0.465 e. The predicted molar refractivity (Wildman–Crippen MR) is 117 cm³/mol. The number of ether oxygens (including phenoxy) is 1. The first kappa shape index (κ1) is 18.9. The topological polar surface area (TPSA) is 55.3 Å². The number of carbonyl (C=O) groups is 1. The zero-order chi connectivity index (χ0) is 20.4. The van der Waals surface area contributed by atoms with Crippen molar-refractivity contribution in [2.45, 2.75) is 20.8 Å². The van der Waals surface area contributed by atoms with Crippen LogP contribution >= 0.6 is 0 Å².